The van der Waals surface area contributed by atoms with Gasteiger partial charge in [0.25, 0.3) is 0 Å². The average molecular weight is 257 g/mol. The molecule has 1 heterocycles. The van der Waals surface area contributed by atoms with Crippen molar-refractivity contribution in [2.24, 2.45) is 7.05 Å². The molecule has 1 aromatic rings. The first-order valence-electron chi connectivity index (χ1n) is 5.44. The summed E-state index contributed by atoms with van der Waals surface area (Å²) in [6, 6.07) is 1.85. The van der Waals surface area contributed by atoms with E-state index in [9.17, 15) is 4.79 Å². The van der Waals surface area contributed by atoms with Crippen LogP contribution in [0, 0.1) is 6.92 Å². The summed E-state index contributed by atoms with van der Waals surface area (Å²) in [4.78, 5) is 11.6. The van der Waals surface area contributed by atoms with Gasteiger partial charge in [0, 0.05) is 26.0 Å². The van der Waals surface area contributed by atoms with Crippen LogP contribution in [0.15, 0.2) is 6.07 Å². The quantitative estimate of drug-likeness (QED) is 0.837. The molecule has 0 saturated carbocycles. The third-order valence-corrected chi connectivity index (χ3v) is 3.43. The molecule has 17 heavy (non-hydrogen) atoms. The van der Waals surface area contributed by atoms with Crippen molar-refractivity contribution in [2.45, 2.75) is 20.0 Å². The monoisotopic (exact) mass is 257 g/mol. The number of hydrogen-bond donors (Lipinski definition) is 1. The van der Waals surface area contributed by atoms with E-state index in [1.165, 1.54) is 0 Å². The number of methoxy groups -OCH3 is 1. The number of ether oxygens (including phenoxy) is 1. The van der Waals surface area contributed by atoms with Crippen LogP contribution in [0.4, 0.5) is 5.82 Å². The van der Waals surface area contributed by atoms with Gasteiger partial charge in [0.2, 0.25) is 5.91 Å². The zero-order valence-corrected chi connectivity index (χ0v) is 11.5. The Labute approximate surface area is 106 Å². The van der Waals surface area contributed by atoms with Gasteiger partial charge in [-0.25, -0.2) is 0 Å². The van der Waals surface area contributed by atoms with Crippen molar-refractivity contribution in [1.82, 2.24) is 9.78 Å². The number of anilines is 1. The average Bonchev–Trinajstić information content (AvgIpc) is 2.57. The van der Waals surface area contributed by atoms with E-state index in [0.29, 0.717) is 5.75 Å². The van der Waals surface area contributed by atoms with Gasteiger partial charge < -0.3 is 10.1 Å². The van der Waals surface area contributed by atoms with Crippen LogP contribution in [0.1, 0.15) is 12.6 Å². The second-order valence-corrected chi connectivity index (χ2v) is 4.93. The van der Waals surface area contributed by atoms with Gasteiger partial charge in [0.15, 0.2) is 0 Å². The van der Waals surface area contributed by atoms with E-state index in [-0.39, 0.29) is 12.0 Å². The Morgan fingerprint density at radius 1 is 1.71 bits per heavy atom. The minimum absolute atomic E-state index is 0.0127. The summed E-state index contributed by atoms with van der Waals surface area (Å²) >= 11 is 1.56. The Morgan fingerprint density at radius 3 is 2.94 bits per heavy atom. The maximum Gasteiger partial charge on any atom is 0.235 e. The Morgan fingerprint density at radius 2 is 2.41 bits per heavy atom. The predicted molar refractivity (Wildman–Crippen MR) is 70.4 cm³/mol. The van der Waals surface area contributed by atoms with Crippen molar-refractivity contribution in [2.75, 3.05) is 23.9 Å². The lowest BCUT2D eigenvalue weighted by molar-refractivity contribution is -0.113. The highest BCUT2D eigenvalue weighted by molar-refractivity contribution is 8.00. The number of thioether (sulfide) groups is 1. The third-order valence-electron chi connectivity index (χ3n) is 2.26. The highest BCUT2D eigenvalue weighted by atomic mass is 32.2. The SMILES string of the molecule is COC(C)CSCC(=O)Nc1cc(C)nn1C. The Balaban J connectivity index is 2.32. The van der Waals surface area contributed by atoms with Gasteiger partial charge in [0.1, 0.15) is 5.82 Å². The normalized spacial score (nSPS) is 12.5. The smallest absolute Gasteiger partial charge is 0.235 e. The maximum atomic E-state index is 11.6. The van der Waals surface area contributed by atoms with E-state index in [2.05, 4.69) is 10.4 Å². The molecule has 0 bridgehead atoms. The summed E-state index contributed by atoms with van der Waals surface area (Å²) in [6.45, 7) is 3.88. The van der Waals surface area contributed by atoms with Crippen molar-refractivity contribution in [3.63, 3.8) is 0 Å². The Kier molecular flexibility index (Phi) is 5.50. The first-order chi connectivity index (χ1) is 8.02. The molecule has 0 fully saturated rings. The molecule has 1 atom stereocenters. The fourth-order valence-electron chi connectivity index (χ4n) is 1.29. The first-order valence-corrected chi connectivity index (χ1v) is 6.59. The molecule has 96 valence electrons. The van der Waals surface area contributed by atoms with Crippen molar-refractivity contribution in [3.05, 3.63) is 11.8 Å². The molecule has 0 aliphatic rings. The number of carbonyl (C=O) groups excluding carboxylic acids is 1. The van der Waals surface area contributed by atoms with Gasteiger partial charge in [-0.1, -0.05) is 0 Å². The zero-order chi connectivity index (χ0) is 12.8. The van der Waals surface area contributed by atoms with E-state index < -0.39 is 0 Å². The molecule has 1 unspecified atom stereocenters. The summed E-state index contributed by atoms with van der Waals surface area (Å²) in [6.07, 6.45) is 0.173. The summed E-state index contributed by atoms with van der Waals surface area (Å²) < 4.78 is 6.77. The highest BCUT2D eigenvalue weighted by Crippen LogP contribution is 2.10. The van der Waals surface area contributed by atoms with Crippen molar-refractivity contribution in [1.29, 1.82) is 0 Å². The van der Waals surface area contributed by atoms with Gasteiger partial charge in [-0.15, -0.1) is 11.8 Å². The van der Waals surface area contributed by atoms with Crippen LogP contribution in [0.3, 0.4) is 0 Å². The molecule has 0 radical (unpaired) electrons. The number of aromatic nitrogens is 2. The molecular formula is C11H19N3O2S. The van der Waals surface area contributed by atoms with Gasteiger partial charge in [-0.2, -0.15) is 5.10 Å². The lowest BCUT2D eigenvalue weighted by Gasteiger charge is -2.08. The second kappa shape index (κ2) is 6.66. The summed E-state index contributed by atoms with van der Waals surface area (Å²) in [5.41, 5.74) is 0.892. The number of amides is 1. The molecule has 5 nitrogen and oxygen atoms in total. The van der Waals surface area contributed by atoms with E-state index in [4.69, 9.17) is 4.74 Å². The fourth-order valence-corrected chi connectivity index (χ4v) is 2.14. The van der Waals surface area contributed by atoms with E-state index in [0.717, 1.165) is 17.3 Å². The second-order valence-electron chi connectivity index (χ2n) is 3.90. The molecule has 0 aliphatic heterocycles. The van der Waals surface area contributed by atoms with Crippen LogP contribution in [-0.2, 0) is 16.6 Å². The van der Waals surface area contributed by atoms with Crippen LogP contribution in [0.5, 0.6) is 0 Å². The summed E-state index contributed by atoms with van der Waals surface area (Å²) in [5.74, 6) is 1.96. The lowest BCUT2D eigenvalue weighted by atomic mass is 10.4. The standard InChI is InChI=1S/C11H19N3O2S/c1-8-5-10(14(3)13-8)12-11(15)7-17-6-9(2)16-4/h5,9H,6-7H2,1-4H3,(H,12,15). The maximum absolute atomic E-state index is 11.6. The number of rotatable bonds is 6. The minimum Gasteiger partial charge on any atom is -0.381 e. The number of nitrogens with one attached hydrogen (secondary N) is 1. The molecule has 1 rings (SSSR count). The summed E-state index contributed by atoms with van der Waals surface area (Å²) in [5, 5.41) is 6.98. The highest BCUT2D eigenvalue weighted by Gasteiger charge is 2.08. The summed E-state index contributed by atoms with van der Waals surface area (Å²) in [7, 11) is 3.48. The van der Waals surface area contributed by atoms with Crippen LogP contribution in [0.2, 0.25) is 0 Å². The molecule has 0 spiro atoms. The van der Waals surface area contributed by atoms with Crippen molar-refractivity contribution < 1.29 is 9.53 Å². The van der Waals surface area contributed by atoms with E-state index in [1.807, 2.05) is 27.0 Å². The number of hydrogen-bond acceptors (Lipinski definition) is 4. The molecular weight excluding hydrogens is 238 g/mol. The fraction of sp³-hybridized carbons (Fsp3) is 0.636. The largest absolute Gasteiger partial charge is 0.381 e. The molecule has 0 aliphatic carbocycles. The minimum atomic E-state index is -0.0127. The number of carbonyl (C=O) groups is 1. The zero-order valence-electron chi connectivity index (χ0n) is 10.7. The number of nitrogens with zero attached hydrogens (tertiary/aromatic N) is 2. The Bertz CT molecular complexity index is 379. The molecule has 1 amide bonds. The molecule has 1 aromatic heterocycles. The molecule has 0 saturated heterocycles. The molecule has 1 N–H and O–H groups in total. The molecule has 6 heteroatoms. The van der Waals surface area contributed by atoms with E-state index >= 15 is 0 Å². The molecule has 0 aromatic carbocycles. The first kappa shape index (κ1) is 14.1. The van der Waals surface area contributed by atoms with Crippen LogP contribution < -0.4 is 5.32 Å². The van der Waals surface area contributed by atoms with Crippen LogP contribution >= 0.6 is 11.8 Å². The van der Waals surface area contributed by atoms with Crippen molar-refractivity contribution in [3.8, 4) is 0 Å². The number of aryl methyl sites for hydroxylation is 2. The van der Waals surface area contributed by atoms with Gasteiger partial charge in [-0.05, 0) is 13.8 Å². The predicted octanol–water partition coefficient (Wildman–Crippen LogP) is 1.44. The van der Waals surface area contributed by atoms with Gasteiger partial charge >= 0.3 is 0 Å². The van der Waals surface area contributed by atoms with Gasteiger partial charge in [-0.3, -0.25) is 9.48 Å². The topological polar surface area (TPSA) is 56.1 Å². The van der Waals surface area contributed by atoms with Gasteiger partial charge in [0.05, 0.1) is 17.6 Å². The third kappa shape index (κ3) is 4.79. The van der Waals surface area contributed by atoms with Crippen molar-refractivity contribution >= 4 is 23.5 Å². The Hall–Kier alpha value is -1.01. The van der Waals surface area contributed by atoms with E-state index in [1.54, 1.807) is 23.6 Å². The van der Waals surface area contributed by atoms with Crippen LogP contribution in [0.25, 0.3) is 0 Å². The lowest BCUT2D eigenvalue weighted by Crippen LogP contribution is -2.18. The van der Waals surface area contributed by atoms with Crippen LogP contribution in [-0.4, -0.2) is 40.4 Å².